The normalized spacial score (nSPS) is 13.1. The lowest BCUT2D eigenvalue weighted by Crippen LogP contribution is -2.33. The van der Waals surface area contributed by atoms with Crippen molar-refractivity contribution in [3.8, 4) is 0 Å². The van der Waals surface area contributed by atoms with Gasteiger partial charge in [0.1, 0.15) is 0 Å². The Kier molecular flexibility index (Phi) is 5.52. The third-order valence-electron chi connectivity index (χ3n) is 3.95. The Morgan fingerprint density at radius 3 is 2.26 bits per heavy atom. The highest BCUT2D eigenvalue weighted by molar-refractivity contribution is 5.84. The molecule has 120 valence electrons. The van der Waals surface area contributed by atoms with E-state index < -0.39 is 12.0 Å². The molecule has 4 heteroatoms. The molecule has 0 saturated heterocycles. The Morgan fingerprint density at radius 1 is 1.04 bits per heavy atom. The summed E-state index contributed by atoms with van der Waals surface area (Å²) in [4.78, 5) is 23.7. The fourth-order valence-electron chi connectivity index (χ4n) is 2.58. The van der Waals surface area contributed by atoms with Crippen molar-refractivity contribution in [3.05, 3.63) is 71.3 Å². The van der Waals surface area contributed by atoms with Crippen LogP contribution in [-0.2, 0) is 9.59 Å². The minimum atomic E-state index is -0.939. The van der Waals surface area contributed by atoms with Crippen LogP contribution in [0.5, 0.6) is 0 Å². The summed E-state index contributed by atoms with van der Waals surface area (Å²) in [6.07, 6.45) is -0.141. The van der Waals surface area contributed by atoms with Crippen LogP contribution >= 0.6 is 0 Å². The van der Waals surface area contributed by atoms with E-state index in [0.29, 0.717) is 0 Å². The van der Waals surface area contributed by atoms with E-state index in [0.717, 1.165) is 16.7 Å². The Balaban J connectivity index is 2.19. The quantitative estimate of drug-likeness (QED) is 0.859. The number of carboxylic acids is 1. The summed E-state index contributed by atoms with van der Waals surface area (Å²) >= 11 is 0. The Morgan fingerprint density at radius 2 is 1.65 bits per heavy atom. The lowest BCUT2D eigenvalue weighted by atomic mass is 9.96. The fourth-order valence-corrected chi connectivity index (χ4v) is 2.58. The van der Waals surface area contributed by atoms with Gasteiger partial charge in [0.05, 0.1) is 18.4 Å². The average Bonchev–Trinajstić information content (AvgIpc) is 2.54. The number of aliphatic carboxylic acids is 1. The lowest BCUT2D eigenvalue weighted by Gasteiger charge is -2.22. The van der Waals surface area contributed by atoms with E-state index in [9.17, 15) is 9.59 Å². The zero-order valence-corrected chi connectivity index (χ0v) is 13.3. The van der Waals surface area contributed by atoms with Crippen LogP contribution in [-0.4, -0.2) is 17.0 Å². The third-order valence-corrected chi connectivity index (χ3v) is 3.95. The molecule has 2 atom stereocenters. The van der Waals surface area contributed by atoms with Gasteiger partial charge in [0.2, 0.25) is 5.91 Å². The van der Waals surface area contributed by atoms with Crippen LogP contribution in [0.15, 0.2) is 54.6 Å². The molecular weight excluding hydrogens is 290 g/mol. The number of hydrogen-bond acceptors (Lipinski definition) is 2. The smallest absolute Gasteiger partial charge is 0.305 e. The highest BCUT2D eigenvalue weighted by atomic mass is 16.4. The molecule has 0 aromatic heterocycles. The van der Waals surface area contributed by atoms with Crippen molar-refractivity contribution in [3.63, 3.8) is 0 Å². The number of amides is 1. The van der Waals surface area contributed by atoms with Gasteiger partial charge in [0, 0.05) is 0 Å². The summed E-state index contributed by atoms with van der Waals surface area (Å²) in [5, 5.41) is 12.0. The van der Waals surface area contributed by atoms with Gasteiger partial charge >= 0.3 is 5.97 Å². The zero-order valence-electron chi connectivity index (χ0n) is 13.3. The van der Waals surface area contributed by atoms with Gasteiger partial charge in [-0.15, -0.1) is 0 Å². The molecule has 23 heavy (non-hydrogen) atoms. The summed E-state index contributed by atoms with van der Waals surface area (Å²) in [5.41, 5.74) is 2.71. The van der Waals surface area contributed by atoms with Gasteiger partial charge < -0.3 is 10.4 Å². The molecule has 2 N–H and O–H groups in total. The number of hydrogen-bond donors (Lipinski definition) is 2. The lowest BCUT2D eigenvalue weighted by molar-refractivity contribution is -0.137. The Labute approximate surface area is 136 Å². The highest BCUT2D eigenvalue weighted by Crippen LogP contribution is 2.23. The minimum absolute atomic E-state index is 0.141. The number of benzene rings is 2. The second-order valence-electron chi connectivity index (χ2n) is 5.65. The molecule has 0 radical (unpaired) electrons. The molecule has 0 aliphatic heterocycles. The van der Waals surface area contributed by atoms with Crippen LogP contribution in [0.3, 0.4) is 0 Å². The molecule has 0 saturated carbocycles. The van der Waals surface area contributed by atoms with Gasteiger partial charge in [-0.25, -0.2) is 0 Å². The first-order chi connectivity index (χ1) is 11.0. The largest absolute Gasteiger partial charge is 0.481 e. The fraction of sp³-hybridized carbons (Fsp3) is 0.263. The maximum Gasteiger partial charge on any atom is 0.305 e. The van der Waals surface area contributed by atoms with Crippen LogP contribution in [0.4, 0.5) is 0 Å². The second kappa shape index (κ2) is 7.58. The molecule has 2 rings (SSSR count). The highest BCUT2D eigenvalue weighted by Gasteiger charge is 2.23. The number of nitrogens with one attached hydrogen (secondary N) is 1. The molecule has 0 bridgehead atoms. The summed E-state index contributed by atoms with van der Waals surface area (Å²) < 4.78 is 0. The minimum Gasteiger partial charge on any atom is -0.481 e. The van der Waals surface area contributed by atoms with E-state index >= 15 is 0 Å². The molecule has 0 aliphatic rings. The van der Waals surface area contributed by atoms with Crippen LogP contribution in [0.2, 0.25) is 0 Å². The number of aryl methyl sites for hydroxylation is 1. The van der Waals surface area contributed by atoms with Gasteiger partial charge in [-0.1, -0.05) is 54.6 Å². The van der Waals surface area contributed by atoms with Crippen LogP contribution in [0.1, 0.15) is 42.0 Å². The van der Waals surface area contributed by atoms with Crippen LogP contribution < -0.4 is 5.32 Å². The average molecular weight is 311 g/mol. The predicted molar refractivity (Wildman–Crippen MR) is 89.2 cm³/mol. The van der Waals surface area contributed by atoms with Crippen molar-refractivity contribution < 1.29 is 14.7 Å². The van der Waals surface area contributed by atoms with Crippen molar-refractivity contribution in [2.45, 2.75) is 32.2 Å². The van der Waals surface area contributed by atoms with E-state index in [4.69, 9.17) is 5.11 Å². The SMILES string of the molecule is Cc1ccccc1C(CC(=O)O)NC(=O)C(C)c1ccccc1. The topological polar surface area (TPSA) is 66.4 Å². The maximum atomic E-state index is 12.5. The van der Waals surface area contributed by atoms with Crippen LogP contribution in [0, 0.1) is 6.92 Å². The summed E-state index contributed by atoms with van der Waals surface area (Å²) in [6, 6.07) is 16.4. The summed E-state index contributed by atoms with van der Waals surface area (Å²) in [5.74, 6) is -1.45. The van der Waals surface area contributed by atoms with Crippen molar-refractivity contribution in [2.75, 3.05) is 0 Å². The standard InChI is InChI=1S/C19H21NO3/c1-13-8-6-7-11-16(13)17(12-18(21)22)20-19(23)14(2)15-9-4-3-5-10-15/h3-11,14,17H,12H2,1-2H3,(H,20,23)(H,21,22). The number of rotatable bonds is 6. The van der Waals surface area contributed by atoms with Crippen molar-refractivity contribution >= 4 is 11.9 Å². The molecule has 0 fully saturated rings. The molecule has 2 aromatic carbocycles. The molecule has 1 amide bonds. The molecule has 2 aromatic rings. The second-order valence-corrected chi connectivity index (χ2v) is 5.65. The first kappa shape index (κ1) is 16.7. The Bertz CT molecular complexity index is 682. The van der Waals surface area contributed by atoms with Gasteiger partial charge in [-0.05, 0) is 30.5 Å². The van der Waals surface area contributed by atoms with Gasteiger partial charge in [-0.3, -0.25) is 9.59 Å². The zero-order chi connectivity index (χ0) is 16.8. The molecule has 0 aliphatic carbocycles. The van der Waals surface area contributed by atoms with Gasteiger partial charge in [0.25, 0.3) is 0 Å². The van der Waals surface area contributed by atoms with Gasteiger partial charge in [0.15, 0.2) is 0 Å². The summed E-state index contributed by atoms with van der Waals surface area (Å²) in [7, 11) is 0. The monoisotopic (exact) mass is 311 g/mol. The molecule has 2 unspecified atom stereocenters. The first-order valence-corrected chi connectivity index (χ1v) is 7.61. The van der Waals surface area contributed by atoms with E-state index in [-0.39, 0.29) is 18.2 Å². The van der Waals surface area contributed by atoms with E-state index in [2.05, 4.69) is 5.32 Å². The van der Waals surface area contributed by atoms with Gasteiger partial charge in [-0.2, -0.15) is 0 Å². The molecule has 4 nitrogen and oxygen atoms in total. The predicted octanol–water partition coefficient (Wildman–Crippen LogP) is 3.43. The first-order valence-electron chi connectivity index (χ1n) is 7.61. The molecular formula is C19H21NO3. The Hall–Kier alpha value is -2.62. The van der Waals surface area contributed by atoms with E-state index in [1.54, 1.807) is 0 Å². The molecule has 0 spiro atoms. The summed E-state index contributed by atoms with van der Waals surface area (Å²) in [6.45, 7) is 3.73. The van der Waals surface area contributed by atoms with E-state index in [1.165, 1.54) is 0 Å². The third kappa shape index (κ3) is 4.42. The van der Waals surface area contributed by atoms with Crippen molar-refractivity contribution in [2.24, 2.45) is 0 Å². The van der Waals surface area contributed by atoms with Crippen molar-refractivity contribution in [1.29, 1.82) is 0 Å². The van der Waals surface area contributed by atoms with Crippen molar-refractivity contribution in [1.82, 2.24) is 5.32 Å². The number of carboxylic acid groups (broad SMARTS) is 1. The molecule has 0 heterocycles. The van der Waals surface area contributed by atoms with E-state index in [1.807, 2.05) is 68.4 Å². The number of carbonyl (C=O) groups is 2. The van der Waals surface area contributed by atoms with Crippen LogP contribution in [0.25, 0.3) is 0 Å². The maximum absolute atomic E-state index is 12.5. The number of carbonyl (C=O) groups excluding carboxylic acids is 1.